The molecule has 2 aromatic carbocycles. The first-order valence-corrected chi connectivity index (χ1v) is 11.8. The summed E-state index contributed by atoms with van der Waals surface area (Å²) < 4.78 is 12.9. The van der Waals surface area contributed by atoms with E-state index in [-0.39, 0.29) is 5.91 Å². The van der Waals surface area contributed by atoms with Crippen molar-refractivity contribution in [2.45, 2.75) is 26.2 Å². The monoisotopic (exact) mass is 505 g/mol. The summed E-state index contributed by atoms with van der Waals surface area (Å²) in [5.74, 6) is 1.25. The molecule has 0 aromatic heterocycles. The number of hydrogen-bond donors (Lipinski definition) is 0. The molecule has 0 spiro atoms. The Hall–Kier alpha value is -1.83. The van der Waals surface area contributed by atoms with Gasteiger partial charge in [0.25, 0.3) is 5.91 Å². The number of carbonyl (C=O) groups is 1. The molecule has 4 nitrogen and oxygen atoms in total. The third-order valence-corrected chi connectivity index (χ3v) is 6.73. The Kier molecular flexibility index (Phi) is 8.36. The molecule has 1 aliphatic rings. The molecule has 1 aliphatic heterocycles. The van der Waals surface area contributed by atoms with E-state index in [4.69, 9.17) is 21.7 Å². The number of carbonyl (C=O) groups excluding carboxylic acids is 1. The van der Waals surface area contributed by atoms with E-state index in [1.54, 1.807) is 12.0 Å². The minimum absolute atomic E-state index is 0.0347. The zero-order valence-corrected chi connectivity index (χ0v) is 20.2. The van der Waals surface area contributed by atoms with Crippen LogP contribution < -0.4 is 9.47 Å². The summed E-state index contributed by atoms with van der Waals surface area (Å²) in [6.45, 7) is 3.31. The molecule has 30 heavy (non-hydrogen) atoms. The fourth-order valence-corrected chi connectivity index (χ4v) is 4.74. The lowest BCUT2D eigenvalue weighted by molar-refractivity contribution is -0.122. The Bertz CT molecular complexity index is 947. The van der Waals surface area contributed by atoms with Gasteiger partial charge in [0.15, 0.2) is 11.5 Å². The summed E-state index contributed by atoms with van der Waals surface area (Å²) in [5.41, 5.74) is 2.07. The van der Waals surface area contributed by atoms with Crippen LogP contribution in [0.25, 0.3) is 6.08 Å². The van der Waals surface area contributed by atoms with Crippen LogP contribution in [0.2, 0.25) is 0 Å². The number of thiocarbonyl (C=S) groups is 1. The Morgan fingerprint density at radius 1 is 1.20 bits per heavy atom. The molecule has 0 N–H and O–H groups in total. The quantitative estimate of drug-likeness (QED) is 0.305. The van der Waals surface area contributed by atoms with Gasteiger partial charge >= 0.3 is 0 Å². The summed E-state index contributed by atoms with van der Waals surface area (Å²) in [4.78, 5) is 15.0. The molecule has 0 unspecified atom stereocenters. The van der Waals surface area contributed by atoms with Crippen LogP contribution in [0.15, 0.2) is 51.8 Å². The highest BCUT2D eigenvalue weighted by atomic mass is 79.9. The van der Waals surface area contributed by atoms with Gasteiger partial charge in [-0.25, -0.2) is 0 Å². The van der Waals surface area contributed by atoms with E-state index < -0.39 is 0 Å². The lowest BCUT2D eigenvalue weighted by Gasteiger charge is -2.14. The van der Waals surface area contributed by atoms with Crippen LogP contribution in [0.4, 0.5) is 0 Å². The topological polar surface area (TPSA) is 38.8 Å². The average molecular weight is 506 g/mol. The normalized spacial score (nSPS) is 15.2. The van der Waals surface area contributed by atoms with Gasteiger partial charge in [0.05, 0.1) is 18.6 Å². The van der Waals surface area contributed by atoms with Gasteiger partial charge in [0.2, 0.25) is 0 Å². The molecular weight excluding hydrogens is 482 g/mol. The van der Waals surface area contributed by atoms with Crippen LogP contribution in [-0.4, -0.2) is 35.4 Å². The van der Waals surface area contributed by atoms with Crippen molar-refractivity contribution in [3.63, 3.8) is 0 Å². The van der Waals surface area contributed by atoms with Gasteiger partial charge in [0.1, 0.15) is 4.32 Å². The highest BCUT2D eigenvalue weighted by Crippen LogP contribution is 2.38. The number of nitrogens with zero attached hydrogens (tertiary/aromatic N) is 1. The third kappa shape index (κ3) is 5.65. The van der Waals surface area contributed by atoms with Gasteiger partial charge in [-0.3, -0.25) is 9.69 Å². The Labute approximate surface area is 195 Å². The largest absolute Gasteiger partial charge is 0.493 e. The van der Waals surface area contributed by atoms with Crippen molar-refractivity contribution < 1.29 is 14.3 Å². The maximum atomic E-state index is 12.7. The Morgan fingerprint density at radius 2 is 1.97 bits per heavy atom. The molecule has 1 amide bonds. The molecule has 2 aromatic rings. The maximum absolute atomic E-state index is 12.7. The van der Waals surface area contributed by atoms with E-state index in [1.165, 1.54) is 17.3 Å². The van der Waals surface area contributed by atoms with Crippen molar-refractivity contribution >= 4 is 56.2 Å². The Morgan fingerprint density at radius 3 is 2.67 bits per heavy atom. The fourth-order valence-electron chi connectivity index (χ4n) is 3.01. The van der Waals surface area contributed by atoms with E-state index in [0.717, 1.165) is 29.3 Å². The summed E-state index contributed by atoms with van der Waals surface area (Å²) in [7, 11) is 1.61. The number of halogens is 1. The number of methoxy groups -OCH3 is 1. The zero-order valence-electron chi connectivity index (χ0n) is 17.0. The molecule has 1 saturated heterocycles. The van der Waals surface area contributed by atoms with Crippen molar-refractivity contribution in [1.82, 2.24) is 4.90 Å². The molecule has 1 heterocycles. The van der Waals surface area contributed by atoms with E-state index in [2.05, 4.69) is 35.0 Å². The van der Waals surface area contributed by atoms with E-state index in [9.17, 15) is 4.79 Å². The van der Waals surface area contributed by atoms with E-state index >= 15 is 0 Å². The number of thioether (sulfide) groups is 1. The summed E-state index contributed by atoms with van der Waals surface area (Å²) in [5, 5.41) is 0. The molecule has 0 aliphatic carbocycles. The van der Waals surface area contributed by atoms with Crippen LogP contribution >= 0.6 is 39.9 Å². The van der Waals surface area contributed by atoms with Crippen molar-refractivity contribution in [2.75, 3.05) is 20.3 Å². The minimum atomic E-state index is -0.0347. The smallest absolute Gasteiger partial charge is 0.266 e. The van der Waals surface area contributed by atoms with Gasteiger partial charge in [-0.1, -0.05) is 83.6 Å². The number of ether oxygens (including phenoxy) is 2. The fraction of sp³-hybridized carbons (Fsp3) is 0.304. The van der Waals surface area contributed by atoms with E-state index in [1.807, 2.05) is 36.4 Å². The number of benzene rings is 2. The van der Waals surface area contributed by atoms with Crippen LogP contribution in [0.5, 0.6) is 11.5 Å². The molecule has 0 saturated carbocycles. The van der Waals surface area contributed by atoms with Crippen LogP contribution in [0.1, 0.15) is 30.9 Å². The zero-order chi connectivity index (χ0) is 21.5. The van der Waals surface area contributed by atoms with E-state index in [0.29, 0.717) is 33.9 Å². The Balaban J connectivity index is 1.74. The first-order valence-electron chi connectivity index (χ1n) is 9.83. The highest BCUT2D eigenvalue weighted by Gasteiger charge is 2.31. The number of unbranched alkanes of at least 4 members (excludes halogenated alkanes) is 1. The van der Waals surface area contributed by atoms with Crippen LogP contribution in [-0.2, 0) is 11.2 Å². The molecule has 3 rings (SSSR count). The lowest BCUT2D eigenvalue weighted by Crippen LogP contribution is -2.28. The first-order chi connectivity index (χ1) is 14.5. The van der Waals surface area contributed by atoms with Crippen LogP contribution in [0, 0.1) is 0 Å². The lowest BCUT2D eigenvalue weighted by atomic mass is 10.1. The standard InChI is InChI=1S/C23H24BrNO3S2/c1-3-4-11-25-22(26)21(30-23(25)29)14-17-13-19(27-2)20(15-18(17)24)28-12-10-16-8-6-5-7-9-16/h5-9,13-15H,3-4,10-12H2,1-2H3. The molecule has 0 radical (unpaired) electrons. The maximum Gasteiger partial charge on any atom is 0.266 e. The number of amides is 1. The van der Waals surface area contributed by atoms with Gasteiger partial charge in [-0.05, 0) is 35.8 Å². The molecule has 0 atom stereocenters. The van der Waals surface area contributed by atoms with Gasteiger partial charge in [-0.2, -0.15) is 0 Å². The van der Waals surface area contributed by atoms with Gasteiger partial charge in [0, 0.05) is 17.4 Å². The second kappa shape index (κ2) is 11.0. The predicted molar refractivity (Wildman–Crippen MR) is 131 cm³/mol. The molecule has 158 valence electrons. The molecule has 7 heteroatoms. The second-order valence-corrected chi connectivity index (χ2v) is 9.33. The second-order valence-electron chi connectivity index (χ2n) is 6.80. The summed E-state index contributed by atoms with van der Waals surface area (Å²) in [6.07, 6.45) is 4.62. The van der Waals surface area contributed by atoms with Crippen LogP contribution in [0.3, 0.4) is 0 Å². The van der Waals surface area contributed by atoms with Crippen molar-refractivity contribution in [3.8, 4) is 11.5 Å². The minimum Gasteiger partial charge on any atom is -0.493 e. The van der Waals surface area contributed by atoms with Crippen molar-refractivity contribution in [2.24, 2.45) is 0 Å². The van der Waals surface area contributed by atoms with Crippen molar-refractivity contribution in [3.05, 3.63) is 63.0 Å². The summed E-state index contributed by atoms with van der Waals surface area (Å²) >= 11 is 10.3. The highest BCUT2D eigenvalue weighted by molar-refractivity contribution is 9.10. The third-order valence-electron chi connectivity index (χ3n) is 4.67. The predicted octanol–water partition coefficient (Wildman–Crippen LogP) is 6.08. The van der Waals surface area contributed by atoms with Crippen molar-refractivity contribution in [1.29, 1.82) is 0 Å². The van der Waals surface area contributed by atoms with Gasteiger partial charge in [-0.15, -0.1) is 0 Å². The number of hydrogen-bond acceptors (Lipinski definition) is 5. The first kappa shape index (κ1) is 22.8. The molecule has 1 fully saturated rings. The van der Waals surface area contributed by atoms with Gasteiger partial charge < -0.3 is 9.47 Å². The molecular formula is C23H24BrNO3S2. The molecule has 0 bridgehead atoms. The average Bonchev–Trinajstić information content (AvgIpc) is 3.01. The SMILES string of the molecule is CCCCN1C(=O)C(=Cc2cc(OC)c(OCCc3ccccc3)cc2Br)SC1=S. The summed E-state index contributed by atoms with van der Waals surface area (Å²) in [6, 6.07) is 14.0. The number of rotatable bonds is 9.